The second kappa shape index (κ2) is 11.7. The Hall–Kier alpha value is -4.44. The van der Waals surface area contributed by atoms with Crippen molar-refractivity contribution in [1.29, 1.82) is 0 Å². The van der Waals surface area contributed by atoms with Crippen molar-refractivity contribution in [2.24, 2.45) is 0 Å². The zero-order chi connectivity index (χ0) is 27.2. The molecule has 2 aromatic heterocycles. The van der Waals surface area contributed by atoms with Crippen molar-refractivity contribution < 1.29 is 28.6 Å². The van der Waals surface area contributed by atoms with Crippen molar-refractivity contribution in [3.8, 4) is 5.75 Å². The Balaban J connectivity index is 1.71. The lowest BCUT2D eigenvalue weighted by atomic mass is 10.0. The highest BCUT2D eigenvalue weighted by Gasteiger charge is 2.24. The Labute approximate surface area is 217 Å². The van der Waals surface area contributed by atoms with Gasteiger partial charge in [-0.3, -0.25) is 14.6 Å². The predicted molar refractivity (Wildman–Crippen MR) is 137 cm³/mol. The first-order chi connectivity index (χ1) is 18.2. The number of aliphatic hydroxyl groups excluding tert-OH is 1. The van der Waals surface area contributed by atoms with Crippen molar-refractivity contribution in [1.82, 2.24) is 20.6 Å². The van der Waals surface area contributed by atoms with E-state index in [-0.39, 0.29) is 35.5 Å². The summed E-state index contributed by atoms with van der Waals surface area (Å²) in [4.78, 5) is 34.5. The van der Waals surface area contributed by atoms with Crippen LogP contribution in [0.2, 0.25) is 0 Å². The van der Waals surface area contributed by atoms with Gasteiger partial charge in [0.1, 0.15) is 22.8 Å². The van der Waals surface area contributed by atoms with E-state index in [1.54, 1.807) is 25.1 Å². The SMILES string of the molecule is CCC(O)CNC(=O)c1nc(C(=O)NCc2ccc(F)cc2)c2cc(Cc3ccc(F)cc3)cnc2c1O. The molecule has 38 heavy (non-hydrogen) atoms. The maximum Gasteiger partial charge on any atom is 0.273 e. The van der Waals surface area contributed by atoms with Crippen molar-refractivity contribution in [3.05, 3.63) is 101 Å². The van der Waals surface area contributed by atoms with Gasteiger partial charge in [0.15, 0.2) is 11.4 Å². The molecule has 0 saturated heterocycles. The molecule has 4 rings (SSSR count). The first kappa shape index (κ1) is 26.6. The highest BCUT2D eigenvalue weighted by molar-refractivity contribution is 6.09. The fraction of sp³-hybridized carbons (Fsp3) is 0.214. The first-order valence-electron chi connectivity index (χ1n) is 12.0. The van der Waals surface area contributed by atoms with Gasteiger partial charge >= 0.3 is 0 Å². The van der Waals surface area contributed by atoms with Crippen LogP contribution in [0.5, 0.6) is 5.75 Å². The molecule has 2 amide bonds. The average molecular weight is 521 g/mol. The number of halogens is 2. The van der Waals surface area contributed by atoms with Crippen molar-refractivity contribution >= 4 is 22.7 Å². The van der Waals surface area contributed by atoms with Crippen LogP contribution < -0.4 is 10.6 Å². The van der Waals surface area contributed by atoms with Crippen LogP contribution >= 0.6 is 0 Å². The highest BCUT2D eigenvalue weighted by Crippen LogP contribution is 2.29. The largest absolute Gasteiger partial charge is 0.504 e. The molecule has 0 saturated carbocycles. The zero-order valence-electron chi connectivity index (χ0n) is 20.5. The molecular formula is C28H26F2N4O4. The zero-order valence-corrected chi connectivity index (χ0v) is 20.5. The van der Waals surface area contributed by atoms with Crippen LogP contribution in [0, 0.1) is 11.6 Å². The molecule has 10 heteroatoms. The molecule has 196 valence electrons. The molecule has 0 aliphatic heterocycles. The minimum Gasteiger partial charge on any atom is -0.504 e. The molecule has 0 aliphatic carbocycles. The van der Waals surface area contributed by atoms with Crippen LogP contribution in [-0.4, -0.2) is 44.6 Å². The molecule has 4 aromatic rings. The smallest absolute Gasteiger partial charge is 0.273 e. The third kappa shape index (κ3) is 6.27. The number of aliphatic hydroxyl groups is 1. The fourth-order valence-corrected chi connectivity index (χ4v) is 3.79. The number of carbonyl (C=O) groups excluding carboxylic acids is 2. The summed E-state index contributed by atoms with van der Waals surface area (Å²) in [6, 6.07) is 13.2. The maximum atomic E-state index is 13.3. The third-order valence-corrected chi connectivity index (χ3v) is 5.96. The third-order valence-electron chi connectivity index (χ3n) is 5.96. The number of rotatable bonds is 9. The van der Waals surface area contributed by atoms with E-state index in [4.69, 9.17) is 0 Å². The predicted octanol–water partition coefficient (Wildman–Crippen LogP) is 3.64. The molecule has 2 heterocycles. The number of hydrogen-bond acceptors (Lipinski definition) is 6. The fourth-order valence-electron chi connectivity index (χ4n) is 3.79. The normalized spacial score (nSPS) is 11.8. The second-order valence-electron chi connectivity index (χ2n) is 8.78. The van der Waals surface area contributed by atoms with Crippen molar-refractivity contribution in [2.75, 3.05) is 6.54 Å². The van der Waals surface area contributed by atoms with E-state index in [1.165, 1.54) is 42.6 Å². The van der Waals surface area contributed by atoms with Crippen LogP contribution in [0.25, 0.3) is 10.9 Å². The molecule has 2 aromatic carbocycles. The number of nitrogens with zero attached hydrogens (tertiary/aromatic N) is 2. The number of pyridine rings is 2. The van der Waals surface area contributed by atoms with E-state index in [9.17, 15) is 28.6 Å². The summed E-state index contributed by atoms with van der Waals surface area (Å²) in [7, 11) is 0. The summed E-state index contributed by atoms with van der Waals surface area (Å²) in [5.74, 6) is -2.69. The summed E-state index contributed by atoms with van der Waals surface area (Å²) < 4.78 is 26.5. The molecule has 0 spiro atoms. The lowest BCUT2D eigenvalue weighted by Gasteiger charge is -2.14. The van der Waals surface area contributed by atoms with Gasteiger partial charge < -0.3 is 20.8 Å². The van der Waals surface area contributed by atoms with Gasteiger partial charge in [0.25, 0.3) is 11.8 Å². The van der Waals surface area contributed by atoms with Gasteiger partial charge in [-0.15, -0.1) is 0 Å². The van der Waals surface area contributed by atoms with Crippen LogP contribution in [0.15, 0.2) is 60.8 Å². The monoisotopic (exact) mass is 520 g/mol. The van der Waals surface area contributed by atoms with Gasteiger partial charge in [-0.25, -0.2) is 13.8 Å². The molecule has 1 unspecified atom stereocenters. The Bertz CT molecular complexity index is 1460. The Morgan fingerprint density at radius 3 is 2.13 bits per heavy atom. The Morgan fingerprint density at radius 2 is 1.50 bits per heavy atom. The molecular weight excluding hydrogens is 494 g/mol. The molecule has 1 atom stereocenters. The average Bonchev–Trinajstić information content (AvgIpc) is 2.92. The number of nitrogens with one attached hydrogen (secondary N) is 2. The van der Waals surface area contributed by atoms with E-state index >= 15 is 0 Å². The van der Waals surface area contributed by atoms with E-state index < -0.39 is 35.2 Å². The van der Waals surface area contributed by atoms with E-state index in [0.717, 1.165) is 5.56 Å². The van der Waals surface area contributed by atoms with Crippen LogP contribution in [0.4, 0.5) is 8.78 Å². The maximum absolute atomic E-state index is 13.3. The summed E-state index contributed by atoms with van der Waals surface area (Å²) in [5.41, 5.74) is 1.56. The minimum absolute atomic E-state index is 0.00372. The molecule has 0 fully saturated rings. The lowest BCUT2D eigenvalue weighted by molar-refractivity contribution is 0.0905. The number of aromatic nitrogens is 2. The van der Waals surface area contributed by atoms with Crippen LogP contribution in [-0.2, 0) is 13.0 Å². The quantitative estimate of drug-likeness (QED) is 0.267. The molecule has 8 nitrogen and oxygen atoms in total. The van der Waals surface area contributed by atoms with E-state index in [0.29, 0.717) is 24.0 Å². The summed E-state index contributed by atoms with van der Waals surface area (Å²) in [5, 5.41) is 26.0. The highest BCUT2D eigenvalue weighted by atomic mass is 19.1. The summed E-state index contributed by atoms with van der Waals surface area (Å²) in [6.07, 6.45) is 1.49. The van der Waals surface area contributed by atoms with Gasteiger partial charge in [0, 0.05) is 24.7 Å². The van der Waals surface area contributed by atoms with Crippen molar-refractivity contribution in [3.63, 3.8) is 0 Å². The standard InChI is InChI=1S/C28H26F2N4O4/c1-2-21(35)15-33-28(38)25-26(36)23-22(12-18(14-31-23)11-16-3-7-19(29)8-4-16)24(34-25)27(37)32-13-17-5-9-20(30)10-6-17/h3-10,12,14,21,35-36H,2,11,13,15H2,1H3,(H,32,37)(H,33,38). The Morgan fingerprint density at radius 1 is 0.895 bits per heavy atom. The summed E-state index contributed by atoms with van der Waals surface area (Å²) >= 11 is 0. The van der Waals surface area contributed by atoms with Gasteiger partial charge in [0.2, 0.25) is 0 Å². The van der Waals surface area contributed by atoms with E-state index in [2.05, 4.69) is 20.6 Å². The second-order valence-corrected chi connectivity index (χ2v) is 8.78. The number of aromatic hydroxyl groups is 1. The van der Waals surface area contributed by atoms with Gasteiger partial charge in [-0.2, -0.15) is 0 Å². The summed E-state index contributed by atoms with van der Waals surface area (Å²) in [6.45, 7) is 1.75. The topological polar surface area (TPSA) is 124 Å². The van der Waals surface area contributed by atoms with Crippen molar-refractivity contribution in [2.45, 2.75) is 32.4 Å². The van der Waals surface area contributed by atoms with Crippen LogP contribution in [0.1, 0.15) is 51.0 Å². The number of benzene rings is 2. The van der Waals surface area contributed by atoms with E-state index in [1.807, 2.05) is 0 Å². The molecule has 0 bridgehead atoms. The molecule has 0 radical (unpaired) electrons. The van der Waals surface area contributed by atoms with Gasteiger partial charge in [-0.05, 0) is 59.9 Å². The van der Waals surface area contributed by atoms with Crippen LogP contribution in [0.3, 0.4) is 0 Å². The number of fused-ring (bicyclic) bond motifs is 1. The van der Waals surface area contributed by atoms with Gasteiger partial charge in [0.05, 0.1) is 6.10 Å². The molecule has 4 N–H and O–H groups in total. The minimum atomic E-state index is -0.785. The number of carbonyl (C=O) groups is 2. The number of amides is 2. The number of hydrogen-bond donors (Lipinski definition) is 4. The molecule has 0 aliphatic rings. The first-order valence-corrected chi connectivity index (χ1v) is 12.0. The Kier molecular flexibility index (Phi) is 8.22. The van der Waals surface area contributed by atoms with Gasteiger partial charge in [-0.1, -0.05) is 31.2 Å². The lowest BCUT2D eigenvalue weighted by Crippen LogP contribution is -2.33.